The highest BCUT2D eigenvalue weighted by Gasteiger charge is 2.17. The zero-order chi connectivity index (χ0) is 13.9. The largest absolute Gasteiger partial charge is 0.493 e. The summed E-state index contributed by atoms with van der Waals surface area (Å²) in [5.41, 5.74) is 2.38. The molecule has 2 heterocycles. The van der Waals surface area contributed by atoms with Crippen LogP contribution in [0.1, 0.15) is 11.1 Å². The van der Waals surface area contributed by atoms with Crippen LogP contribution < -0.4 is 15.4 Å². The standard InChI is InChI=1S/C14H15BrN4O/c1-16-12-7-17-8-13(19-12)18-6-10-5-11(15)4-9-2-3-20-14(9)10/h4-5,7-8H,2-3,6H2,1H3,(H2,16,18,19). The first-order chi connectivity index (χ1) is 9.76. The van der Waals surface area contributed by atoms with Crippen LogP contribution in [0.5, 0.6) is 5.75 Å². The minimum absolute atomic E-state index is 0.656. The van der Waals surface area contributed by atoms with E-state index in [2.05, 4.69) is 48.7 Å². The fourth-order valence-corrected chi connectivity index (χ4v) is 2.79. The molecule has 1 aromatic heterocycles. The van der Waals surface area contributed by atoms with Crippen molar-refractivity contribution in [1.29, 1.82) is 0 Å². The van der Waals surface area contributed by atoms with Gasteiger partial charge in [0, 0.05) is 30.0 Å². The Kier molecular flexibility index (Phi) is 3.73. The molecule has 1 aliphatic rings. The van der Waals surface area contributed by atoms with Crippen molar-refractivity contribution in [2.45, 2.75) is 13.0 Å². The lowest BCUT2D eigenvalue weighted by Crippen LogP contribution is -2.05. The third kappa shape index (κ3) is 2.70. The lowest BCUT2D eigenvalue weighted by molar-refractivity contribution is 0.354. The quantitative estimate of drug-likeness (QED) is 0.900. The molecule has 0 amide bonds. The first-order valence-electron chi connectivity index (χ1n) is 6.44. The average Bonchev–Trinajstić information content (AvgIpc) is 2.93. The number of halogens is 1. The molecule has 3 rings (SSSR count). The number of benzene rings is 1. The predicted octanol–water partition coefficient (Wildman–Crippen LogP) is 2.83. The molecule has 1 aromatic carbocycles. The molecule has 0 bridgehead atoms. The van der Waals surface area contributed by atoms with E-state index in [9.17, 15) is 0 Å². The van der Waals surface area contributed by atoms with Gasteiger partial charge >= 0.3 is 0 Å². The van der Waals surface area contributed by atoms with Gasteiger partial charge in [0.05, 0.1) is 19.0 Å². The maximum absolute atomic E-state index is 5.71. The minimum Gasteiger partial charge on any atom is -0.493 e. The van der Waals surface area contributed by atoms with Crippen LogP contribution >= 0.6 is 15.9 Å². The highest BCUT2D eigenvalue weighted by Crippen LogP contribution is 2.33. The van der Waals surface area contributed by atoms with E-state index in [1.807, 2.05) is 7.05 Å². The van der Waals surface area contributed by atoms with Gasteiger partial charge in [0.25, 0.3) is 0 Å². The molecule has 6 heteroatoms. The maximum Gasteiger partial charge on any atom is 0.147 e. The van der Waals surface area contributed by atoms with Crippen LogP contribution in [-0.2, 0) is 13.0 Å². The highest BCUT2D eigenvalue weighted by atomic mass is 79.9. The van der Waals surface area contributed by atoms with Crippen molar-refractivity contribution in [2.24, 2.45) is 0 Å². The van der Waals surface area contributed by atoms with Crippen LogP contribution in [0.3, 0.4) is 0 Å². The second-order valence-electron chi connectivity index (χ2n) is 4.54. The Balaban J connectivity index is 1.78. The van der Waals surface area contributed by atoms with Gasteiger partial charge in [-0.2, -0.15) is 0 Å². The fourth-order valence-electron chi connectivity index (χ4n) is 2.23. The van der Waals surface area contributed by atoms with Crippen molar-refractivity contribution in [2.75, 3.05) is 24.3 Å². The lowest BCUT2D eigenvalue weighted by atomic mass is 10.1. The molecule has 0 radical (unpaired) electrons. The Morgan fingerprint density at radius 3 is 3.00 bits per heavy atom. The smallest absolute Gasteiger partial charge is 0.147 e. The highest BCUT2D eigenvalue weighted by molar-refractivity contribution is 9.10. The molecule has 20 heavy (non-hydrogen) atoms. The fraction of sp³-hybridized carbons (Fsp3) is 0.286. The minimum atomic E-state index is 0.656. The summed E-state index contributed by atoms with van der Waals surface area (Å²) < 4.78 is 6.79. The van der Waals surface area contributed by atoms with E-state index in [0.717, 1.165) is 40.4 Å². The van der Waals surface area contributed by atoms with Crippen molar-refractivity contribution >= 4 is 27.6 Å². The Bertz CT molecular complexity index is 633. The molecular weight excluding hydrogens is 320 g/mol. The van der Waals surface area contributed by atoms with E-state index in [4.69, 9.17) is 4.74 Å². The van der Waals surface area contributed by atoms with Gasteiger partial charge in [0.1, 0.15) is 17.4 Å². The van der Waals surface area contributed by atoms with Crippen LogP contribution in [-0.4, -0.2) is 23.6 Å². The van der Waals surface area contributed by atoms with Gasteiger partial charge < -0.3 is 15.4 Å². The van der Waals surface area contributed by atoms with Crippen molar-refractivity contribution in [3.63, 3.8) is 0 Å². The van der Waals surface area contributed by atoms with E-state index < -0.39 is 0 Å². The molecule has 2 aromatic rings. The SMILES string of the molecule is CNc1cncc(NCc2cc(Br)cc3c2OCC3)n1. The Hall–Kier alpha value is -1.82. The van der Waals surface area contributed by atoms with E-state index in [-0.39, 0.29) is 0 Å². The van der Waals surface area contributed by atoms with Crippen molar-refractivity contribution < 1.29 is 4.74 Å². The van der Waals surface area contributed by atoms with Gasteiger partial charge in [0.2, 0.25) is 0 Å². The van der Waals surface area contributed by atoms with E-state index in [0.29, 0.717) is 6.54 Å². The number of hydrogen-bond donors (Lipinski definition) is 2. The first-order valence-corrected chi connectivity index (χ1v) is 7.23. The van der Waals surface area contributed by atoms with E-state index >= 15 is 0 Å². The second-order valence-corrected chi connectivity index (χ2v) is 5.46. The third-order valence-electron chi connectivity index (χ3n) is 3.18. The maximum atomic E-state index is 5.71. The summed E-state index contributed by atoms with van der Waals surface area (Å²) >= 11 is 3.54. The van der Waals surface area contributed by atoms with Crippen molar-refractivity contribution in [1.82, 2.24) is 9.97 Å². The summed E-state index contributed by atoms with van der Waals surface area (Å²) in [5, 5.41) is 6.25. The number of anilines is 2. The summed E-state index contributed by atoms with van der Waals surface area (Å²) in [7, 11) is 1.82. The molecule has 0 aliphatic carbocycles. The normalized spacial score (nSPS) is 12.7. The zero-order valence-corrected chi connectivity index (χ0v) is 12.7. The van der Waals surface area contributed by atoms with Crippen LogP contribution in [0.2, 0.25) is 0 Å². The average molecular weight is 335 g/mol. The van der Waals surface area contributed by atoms with Crippen LogP contribution in [0.25, 0.3) is 0 Å². The number of nitrogens with zero attached hydrogens (tertiary/aromatic N) is 2. The number of ether oxygens (including phenoxy) is 1. The number of rotatable bonds is 4. The monoisotopic (exact) mass is 334 g/mol. The number of nitrogens with one attached hydrogen (secondary N) is 2. The topological polar surface area (TPSA) is 59.1 Å². The zero-order valence-electron chi connectivity index (χ0n) is 11.1. The van der Waals surface area contributed by atoms with Gasteiger partial charge in [-0.3, -0.25) is 4.98 Å². The Morgan fingerprint density at radius 2 is 2.15 bits per heavy atom. The summed E-state index contributed by atoms with van der Waals surface area (Å²) in [6.45, 7) is 1.41. The van der Waals surface area contributed by atoms with Gasteiger partial charge in [-0.25, -0.2) is 4.98 Å². The molecule has 0 saturated carbocycles. The van der Waals surface area contributed by atoms with E-state index in [1.165, 1.54) is 5.56 Å². The Morgan fingerprint density at radius 1 is 1.30 bits per heavy atom. The predicted molar refractivity (Wildman–Crippen MR) is 82.2 cm³/mol. The lowest BCUT2D eigenvalue weighted by Gasteiger charge is -2.11. The molecule has 104 valence electrons. The number of aromatic nitrogens is 2. The van der Waals surface area contributed by atoms with Crippen LogP contribution in [0, 0.1) is 0 Å². The number of hydrogen-bond acceptors (Lipinski definition) is 5. The summed E-state index contributed by atoms with van der Waals surface area (Å²) in [6, 6.07) is 4.19. The van der Waals surface area contributed by atoms with Crippen molar-refractivity contribution in [3.05, 3.63) is 40.1 Å². The third-order valence-corrected chi connectivity index (χ3v) is 3.63. The van der Waals surface area contributed by atoms with Gasteiger partial charge in [-0.1, -0.05) is 15.9 Å². The molecule has 0 spiro atoms. The van der Waals surface area contributed by atoms with Gasteiger partial charge in [0.15, 0.2) is 0 Å². The summed E-state index contributed by atoms with van der Waals surface area (Å²) in [4.78, 5) is 8.51. The second kappa shape index (κ2) is 5.66. The number of fused-ring (bicyclic) bond motifs is 1. The molecule has 0 unspecified atom stereocenters. The summed E-state index contributed by atoms with van der Waals surface area (Å²) in [5.74, 6) is 2.48. The van der Waals surface area contributed by atoms with Gasteiger partial charge in [-0.05, 0) is 17.7 Å². The van der Waals surface area contributed by atoms with Crippen molar-refractivity contribution in [3.8, 4) is 5.75 Å². The Labute approximate surface area is 125 Å². The molecule has 0 saturated heterocycles. The van der Waals surface area contributed by atoms with Gasteiger partial charge in [-0.15, -0.1) is 0 Å². The first kappa shape index (κ1) is 13.2. The molecule has 2 N–H and O–H groups in total. The molecule has 0 atom stereocenters. The summed E-state index contributed by atoms with van der Waals surface area (Å²) in [6.07, 6.45) is 4.36. The molecule has 0 fully saturated rings. The molecule has 1 aliphatic heterocycles. The van der Waals surface area contributed by atoms with Crippen LogP contribution in [0.15, 0.2) is 29.0 Å². The molecular formula is C14H15BrN4O. The molecule has 5 nitrogen and oxygen atoms in total. The van der Waals surface area contributed by atoms with Crippen LogP contribution in [0.4, 0.5) is 11.6 Å². The van der Waals surface area contributed by atoms with E-state index in [1.54, 1.807) is 12.4 Å².